The Balaban J connectivity index is 1.99. The lowest BCUT2D eigenvalue weighted by molar-refractivity contribution is -0.119. The zero-order valence-corrected chi connectivity index (χ0v) is 17.9. The average Bonchev–Trinajstić information content (AvgIpc) is 3.00. The van der Waals surface area contributed by atoms with Gasteiger partial charge in [0.2, 0.25) is 6.41 Å². The Morgan fingerprint density at radius 2 is 1.68 bits per heavy atom. The van der Waals surface area contributed by atoms with E-state index in [1.165, 1.54) is 7.11 Å². The van der Waals surface area contributed by atoms with Gasteiger partial charge in [0.25, 0.3) is 0 Å². The fourth-order valence-electron chi connectivity index (χ4n) is 3.92. The summed E-state index contributed by atoms with van der Waals surface area (Å²) < 4.78 is 57.1. The third-order valence-electron chi connectivity index (χ3n) is 5.72. The molecular formula is C18H26N2O6S2. The molecule has 0 N–H and O–H groups in total. The number of sulfone groups is 2. The molecule has 2 fully saturated rings. The largest absolute Gasteiger partial charge is 0.495 e. The van der Waals surface area contributed by atoms with E-state index in [-0.39, 0.29) is 16.4 Å². The highest BCUT2D eigenvalue weighted by Crippen LogP contribution is 2.35. The quantitative estimate of drug-likeness (QED) is 0.607. The normalized spacial score (nSPS) is 25.6. The van der Waals surface area contributed by atoms with Crippen LogP contribution >= 0.6 is 0 Å². The maximum absolute atomic E-state index is 13.5. The van der Waals surface area contributed by atoms with Crippen LogP contribution < -0.4 is 4.74 Å². The summed E-state index contributed by atoms with van der Waals surface area (Å²) in [5.74, 6) is -0.355. The molecule has 2 aliphatic heterocycles. The molecule has 0 saturated carbocycles. The second-order valence-corrected chi connectivity index (χ2v) is 11.8. The van der Waals surface area contributed by atoms with Gasteiger partial charge in [-0.2, -0.15) is 0 Å². The first-order valence-electron chi connectivity index (χ1n) is 9.12. The van der Waals surface area contributed by atoms with Gasteiger partial charge in [0.05, 0.1) is 23.9 Å². The van der Waals surface area contributed by atoms with Crippen LogP contribution in [0.25, 0.3) is 0 Å². The lowest BCUT2D eigenvalue weighted by Crippen LogP contribution is -2.54. The van der Waals surface area contributed by atoms with E-state index in [9.17, 15) is 21.6 Å². The number of rotatable bonds is 5. The van der Waals surface area contributed by atoms with Crippen molar-refractivity contribution in [2.75, 3.05) is 44.8 Å². The zero-order valence-electron chi connectivity index (χ0n) is 16.3. The van der Waals surface area contributed by atoms with Gasteiger partial charge >= 0.3 is 0 Å². The van der Waals surface area contributed by atoms with Gasteiger partial charge in [-0.15, -0.1) is 0 Å². The van der Waals surface area contributed by atoms with E-state index in [1.807, 2.05) is 18.7 Å². The molecule has 0 aliphatic carbocycles. The number of hydrogen-bond acceptors (Lipinski definition) is 7. The van der Waals surface area contributed by atoms with Gasteiger partial charge in [-0.25, -0.2) is 16.8 Å². The number of amides is 1. The number of nitrogens with zero attached hydrogens (tertiary/aromatic N) is 2. The average molecular weight is 431 g/mol. The molecule has 2 atom stereocenters. The van der Waals surface area contributed by atoms with E-state index in [2.05, 4.69) is 0 Å². The predicted octanol–water partition coefficient (Wildman–Crippen LogP) is 0.0253. The van der Waals surface area contributed by atoms with Crippen LogP contribution in [0.4, 0.5) is 0 Å². The molecule has 156 valence electrons. The highest BCUT2D eigenvalue weighted by atomic mass is 32.2. The molecule has 0 aromatic heterocycles. The van der Waals surface area contributed by atoms with Crippen molar-refractivity contribution < 1.29 is 26.4 Å². The monoisotopic (exact) mass is 430 g/mol. The smallest absolute Gasteiger partial charge is 0.209 e. The fourth-order valence-corrected chi connectivity index (χ4v) is 8.97. The van der Waals surface area contributed by atoms with Crippen LogP contribution in [0, 0.1) is 13.8 Å². The van der Waals surface area contributed by atoms with Gasteiger partial charge in [-0.1, -0.05) is 0 Å². The molecule has 1 amide bonds. The Morgan fingerprint density at radius 3 is 2.25 bits per heavy atom. The lowest BCUT2D eigenvalue weighted by Gasteiger charge is -2.38. The Hall–Kier alpha value is -1.65. The topological polar surface area (TPSA) is 101 Å². The molecular weight excluding hydrogens is 404 g/mol. The summed E-state index contributed by atoms with van der Waals surface area (Å²) in [6, 6.07) is 2.61. The molecule has 2 aliphatic rings. The van der Waals surface area contributed by atoms with Crippen LogP contribution in [0.3, 0.4) is 0 Å². The number of ether oxygens (including phenoxy) is 1. The number of aryl methyl sites for hydroxylation is 2. The first-order chi connectivity index (χ1) is 13.1. The molecule has 28 heavy (non-hydrogen) atoms. The van der Waals surface area contributed by atoms with E-state index in [0.717, 1.165) is 17.5 Å². The molecule has 0 radical (unpaired) electrons. The van der Waals surface area contributed by atoms with Crippen LogP contribution in [-0.2, 0) is 24.5 Å². The van der Waals surface area contributed by atoms with Crippen molar-refractivity contribution >= 4 is 26.1 Å². The summed E-state index contributed by atoms with van der Waals surface area (Å²) in [5.41, 5.74) is 1.70. The van der Waals surface area contributed by atoms with Crippen LogP contribution in [0.1, 0.15) is 11.1 Å². The Kier molecular flexibility index (Phi) is 5.75. The van der Waals surface area contributed by atoms with E-state index in [4.69, 9.17) is 4.74 Å². The standard InChI is InChI=1S/C18H26N2O6S2/c1-13-8-16(26-3)17(9-14(13)2)28(24,25)18-11-27(22,23)10-15(18)20-6-4-19(12-21)5-7-20/h8-9,12,15,18H,4-7,10-11H2,1-3H3/t15-,18-/m0/s1. The molecule has 8 nitrogen and oxygen atoms in total. The van der Waals surface area contributed by atoms with Crippen molar-refractivity contribution in [1.29, 1.82) is 0 Å². The Bertz CT molecular complexity index is 966. The van der Waals surface area contributed by atoms with Crippen molar-refractivity contribution in [3.05, 3.63) is 23.3 Å². The third-order valence-corrected chi connectivity index (χ3v) is 9.86. The molecule has 0 spiro atoms. The summed E-state index contributed by atoms with van der Waals surface area (Å²) >= 11 is 0. The van der Waals surface area contributed by atoms with Gasteiger partial charge in [0, 0.05) is 32.2 Å². The molecule has 1 aromatic rings. The maximum Gasteiger partial charge on any atom is 0.209 e. The summed E-state index contributed by atoms with van der Waals surface area (Å²) in [4.78, 5) is 14.5. The fraction of sp³-hybridized carbons (Fsp3) is 0.611. The minimum Gasteiger partial charge on any atom is -0.495 e. The SMILES string of the molecule is COc1cc(C)c(C)cc1S(=O)(=O)[C@H]1CS(=O)(=O)C[C@@H]1N1CCN(C=O)CC1. The first-order valence-corrected chi connectivity index (χ1v) is 12.5. The minimum atomic E-state index is -3.94. The Morgan fingerprint density at radius 1 is 1.07 bits per heavy atom. The predicted molar refractivity (Wildman–Crippen MR) is 105 cm³/mol. The van der Waals surface area contributed by atoms with E-state index >= 15 is 0 Å². The summed E-state index contributed by atoms with van der Waals surface area (Å²) in [7, 11) is -6.02. The third kappa shape index (κ3) is 3.90. The summed E-state index contributed by atoms with van der Waals surface area (Å²) in [6.07, 6.45) is 0.761. The van der Waals surface area contributed by atoms with Gasteiger partial charge in [-0.3, -0.25) is 9.69 Å². The van der Waals surface area contributed by atoms with Gasteiger partial charge < -0.3 is 9.64 Å². The van der Waals surface area contributed by atoms with Crippen LogP contribution in [0.5, 0.6) is 5.75 Å². The number of piperazine rings is 1. The molecule has 3 rings (SSSR count). The molecule has 0 bridgehead atoms. The highest BCUT2D eigenvalue weighted by Gasteiger charge is 2.49. The molecule has 2 heterocycles. The second-order valence-electron chi connectivity index (χ2n) is 7.49. The molecule has 10 heteroatoms. The molecule has 2 saturated heterocycles. The van der Waals surface area contributed by atoms with Crippen LogP contribution in [0.2, 0.25) is 0 Å². The van der Waals surface area contributed by atoms with Crippen molar-refractivity contribution in [3.63, 3.8) is 0 Å². The number of methoxy groups -OCH3 is 1. The number of carbonyl (C=O) groups is 1. The number of carbonyl (C=O) groups excluding carboxylic acids is 1. The van der Waals surface area contributed by atoms with E-state index in [0.29, 0.717) is 26.2 Å². The van der Waals surface area contributed by atoms with Crippen molar-refractivity contribution in [1.82, 2.24) is 9.80 Å². The second kappa shape index (κ2) is 7.64. The minimum absolute atomic E-state index is 0.0386. The van der Waals surface area contributed by atoms with Crippen molar-refractivity contribution in [2.45, 2.75) is 30.0 Å². The zero-order chi connectivity index (χ0) is 20.7. The van der Waals surface area contributed by atoms with Gasteiger partial charge in [0.15, 0.2) is 19.7 Å². The molecule has 1 aromatic carbocycles. The summed E-state index contributed by atoms with van der Waals surface area (Å²) in [6.45, 7) is 5.50. The maximum atomic E-state index is 13.5. The van der Waals surface area contributed by atoms with Crippen LogP contribution in [-0.4, -0.2) is 89.1 Å². The molecule has 0 unspecified atom stereocenters. The lowest BCUT2D eigenvalue weighted by atomic mass is 10.1. The van der Waals surface area contributed by atoms with Gasteiger partial charge in [-0.05, 0) is 37.1 Å². The van der Waals surface area contributed by atoms with Gasteiger partial charge in [0.1, 0.15) is 10.6 Å². The van der Waals surface area contributed by atoms with Crippen LogP contribution in [0.15, 0.2) is 17.0 Å². The van der Waals surface area contributed by atoms with Crippen molar-refractivity contribution in [2.24, 2.45) is 0 Å². The number of benzene rings is 1. The van der Waals surface area contributed by atoms with E-state index in [1.54, 1.807) is 17.0 Å². The van der Waals surface area contributed by atoms with Crippen molar-refractivity contribution in [3.8, 4) is 5.75 Å². The van der Waals surface area contributed by atoms with E-state index < -0.39 is 36.7 Å². The highest BCUT2D eigenvalue weighted by molar-refractivity contribution is 7.96. The summed E-state index contributed by atoms with van der Waals surface area (Å²) in [5, 5.41) is -1.06. The first kappa shape index (κ1) is 21.1. The number of hydrogen-bond donors (Lipinski definition) is 0. The Labute approximate surface area is 166 Å².